The minimum absolute atomic E-state index is 0.204. The Labute approximate surface area is 131 Å². The molecule has 0 aliphatic rings. The van der Waals surface area contributed by atoms with E-state index in [4.69, 9.17) is 9.26 Å². The van der Waals surface area contributed by atoms with Crippen molar-refractivity contribution in [3.05, 3.63) is 48.0 Å². The molecule has 0 aliphatic heterocycles. The number of aromatic nitrogens is 3. The van der Waals surface area contributed by atoms with Gasteiger partial charge in [0.1, 0.15) is 5.65 Å². The van der Waals surface area contributed by atoms with Crippen molar-refractivity contribution < 1.29 is 18.8 Å². The lowest BCUT2D eigenvalue weighted by Gasteiger charge is -2.12. The van der Waals surface area contributed by atoms with Crippen molar-refractivity contribution in [1.82, 2.24) is 14.5 Å². The fourth-order valence-electron chi connectivity index (χ4n) is 1.97. The van der Waals surface area contributed by atoms with Crippen LogP contribution < -0.4 is 5.32 Å². The molecule has 0 saturated carbocycles. The molecule has 0 aliphatic carbocycles. The molecule has 1 amide bonds. The molecular weight excluding hydrogens is 300 g/mol. The standard InChI is InChI=1S/C15H14N4O4/c1-9-7-13(23-18-9)17-14(20)10(2)22-15(21)11-3-4-12-16-5-6-19(12)8-11/h3-8,10H,1-2H3,(H,17,20)/t10-/m0/s1. The average Bonchev–Trinajstić information content (AvgIpc) is 3.14. The molecule has 1 atom stereocenters. The van der Waals surface area contributed by atoms with Crippen LogP contribution in [0.3, 0.4) is 0 Å². The summed E-state index contributed by atoms with van der Waals surface area (Å²) in [4.78, 5) is 28.2. The van der Waals surface area contributed by atoms with E-state index in [1.165, 1.54) is 6.92 Å². The number of aryl methyl sites for hydroxylation is 1. The molecule has 0 radical (unpaired) electrons. The van der Waals surface area contributed by atoms with E-state index in [9.17, 15) is 9.59 Å². The first-order valence-electron chi connectivity index (χ1n) is 6.91. The third kappa shape index (κ3) is 3.20. The maximum absolute atomic E-state index is 12.1. The van der Waals surface area contributed by atoms with Crippen molar-refractivity contribution >= 4 is 23.4 Å². The normalized spacial score (nSPS) is 12.1. The van der Waals surface area contributed by atoms with Gasteiger partial charge in [-0.25, -0.2) is 9.78 Å². The third-order valence-corrected chi connectivity index (χ3v) is 3.15. The number of hydrogen-bond acceptors (Lipinski definition) is 6. The number of nitrogens with one attached hydrogen (secondary N) is 1. The van der Waals surface area contributed by atoms with Crippen molar-refractivity contribution in [3.63, 3.8) is 0 Å². The summed E-state index contributed by atoms with van der Waals surface area (Å²) in [6.07, 6.45) is 3.95. The number of nitrogens with zero attached hydrogens (tertiary/aromatic N) is 3. The predicted molar refractivity (Wildman–Crippen MR) is 79.9 cm³/mol. The van der Waals surface area contributed by atoms with E-state index in [2.05, 4.69) is 15.5 Å². The van der Waals surface area contributed by atoms with E-state index in [-0.39, 0.29) is 5.88 Å². The zero-order valence-corrected chi connectivity index (χ0v) is 12.5. The van der Waals surface area contributed by atoms with Gasteiger partial charge in [0.05, 0.1) is 11.3 Å². The van der Waals surface area contributed by atoms with Crippen LogP contribution in [0.15, 0.2) is 41.3 Å². The van der Waals surface area contributed by atoms with Gasteiger partial charge in [-0.1, -0.05) is 5.16 Å². The zero-order chi connectivity index (χ0) is 16.4. The third-order valence-electron chi connectivity index (χ3n) is 3.15. The number of hydrogen-bond donors (Lipinski definition) is 1. The number of rotatable bonds is 4. The van der Waals surface area contributed by atoms with E-state index >= 15 is 0 Å². The molecule has 0 aromatic carbocycles. The molecule has 3 aromatic heterocycles. The molecule has 0 spiro atoms. The van der Waals surface area contributed by atoms with Crippen LogP contribution in [0.2, 0.25) is 0 Å². The molecule has 3 aromatic rings. The molecule has 0 fully saturated rings. The van der Waals surface area contributed by atoms with E-state index in [1.807, 2.05) is 0 Å². The molecule has 0 bridgehead atoms. The number of amides is 1. The van der Waals surface area contributed by atoms with Crippen LogP contribution in [0.1, 0.15) is 23.0 Å². The monoisotopic (exact) mass is 314 g/mol. The summed E-state index contributed by atoms with van der Waals surface area (Å²) in [6, 6.07) is 4.85. The average molecular weight is 314 g/mol. The second kappa shape index (κ2) is 5.91. The molecular formula is C15H14N4O4. The maximum Gasteiger partial charge on any atom is 0.340 e. The number of carbonyl (C=O) groups is 2. The van der Waals surface area contributed by atoms with Gasteiger partial charge in [-0.3, -0.25) is 10.1 Å². The number of pyridine rings is 1. The Morgan fingerprint density at radius 2 is 2.22 bits per heavy atom. The number of imidazole rings is 1. The van der Waals surface area contributed by atoms with Gasteiger partial charge in [-0.2, -0.15) is 0 Å². The summed E-state index contributed by atoms with van der Waals surface area (Å²) in [6.45, 7) is 3.21. The van der Waals surface area contributed by atoms with E-state index < -0.39 is 18.0 Å². The van der Waals surface area contributed by atoms with Crippen LogP contribution >= 0.6 is 0 Å². The van der Waals surface area contributed by atoms with Gasteiger partial charge in [0.2, 0.25) is 5.88 Å². The van der Waals surface area contributed by atoms with Gasteiger partial charge >= 0.3 is 5.97 Å². The molecule has 118 valence electrons. The molecule has 0 unspecified atom stereocenters. The zero-order valence-electron chi connectivity index (χ0n) is 12.5. The largest absolute Gasteiger partial charge is 0.449 e. The molecule has 8 heteroatoms. The highest BCUT2D eigenvalue weighted by molar-refractivity contribution is 5.96. The molecule has 23 heavy (non-hydrogen) atoms. The van der Waals surface area contributed by atoms with E-state index in [0.717, 1.165) is 0 Å². The molecule has 3 heterocycles. The first-order valence-corrected chi connectivity index (χ1v) is 6.91. The van der Waals surface area contributed by atoms with Crippen LogP contribution in [0.25, 0.3) is 5.65 Å². The summed E-state index contributed by atoms with van der Waals surface area (Å²) in [5.74, 6) is -0.898. The first-order chi connectivity index (χ1) is 11.0. The highest BCUT2D eigenvalue weighted by Gasteiger charge is 2.20. The lowest BCUT2D eigenvalue weighted by molar-refractivity contribution is -0.123. The van der Waals surface area contributed by atoms with Crippen molar-refractivity contribution in [2.24, 2.45) is 0 Å². The number of carbonyl (C=O) groups excluding carboxylic acids is 2. The summed E-state index contributed by atoms with van der Waals surface area (Å²) < 4.78 is 11.7. The van der Waals surface area contributed by atoms with Crippen LogP contribution in [0.4, 0.5) is 5.88 Å². The maximum atomic E-state index is 12.1. The summed E-state index contributed by atoms with van der Waals surface area (Å²) in [5.41, 5.74) is 1.68. The molecule has 3 rings (SSSR count). The van der Waals surface area contributed by atoms with Crippen molar-refractivity contribution in [3.8, 4) is 0 Å². The SMILES string of the molecule is Cc1cc(NC(=O)[C@H](C)OC(=O)c2ccc3nccn3c2)on1. The second-order valence-electron chi connectivity index (χ2n) is 4.98. The van der Waals surface area contributed by atoms with Crippen LogP contribution in [0.5, 0.6) is 0 Å². The van der Waals surface area contributed by atoms with Crippen LogP contribution in [-0.4, -0.2) is 32.5 Å². The van der Waals surface area contributed by atoms with Crippen LogP contribution in [0, 0.1) is 6.92 Å². The Kier molecular flexibility index (Phi) is 3.80. The Morgan fingerprint density at radius 3 is 2.96 bits per heavy atom. The van der Waals surface area contributed by atoms with Gasteiger partial charge in [0.25, 0.3) is 5.91 Å². The number of ether oxygens (including phenoxy) is 1. The highest BCUT2D eigenvalue weighted by atomic mass is 16.5. The predicted octanol–water partition coefficient (Wildman–Crippen LogP) is 1.81. The van der Waals surface area contributed by atoms with Gasteiger partial charge in [-0.15, -0.1) is 0 Å². The fourth-order valence-corrected chi connectivity index (χ4v) is 1.97. The lowest BCUT2D eigenvalue weighted by atomic mass is 10.3. The summed E-state index contributed by atoms with van der Waals surface area (Å²) in [5, 5.41) is 6.14. The molecule has 1 N–H and O–H groups in total. The van der Waals surface area contributed by atoms with Gasteiger partial charge in [0.15, 0.2) is 6.10 Å². The van der Waals surface area contributed by atoms with Gasteiger partial charge in [0, 0.05) is 24.7 Å². The Balaban J connectivity index is 1.65. The number of fused-ring (bicyclic) bond motifs is 1. The smallest absolute Gasteiger partial charge is 0.340 e. The molecule has 0 saturated heterocycles. The van der Waals surface area contributed by atoms with E-state index in [0.29, 0.717) is 16.9 Å². The molecule has 8 nitrogen and oxygen atoms in total. The van der Waals surface area contributed by atoms with Crippen LogP contribution in [-0.2, 0) is 9.53 Å². The van der Waals surface area contributed by atoms with Crippen molar-refractivity contribution in [2.75, 3.05) is 5.32 Å². The number of anilines is 1. The second-order valence-corrected chi connectivity index (χ2v) is 4.98. The lowest BCUT2D eigenvalue weighted by Crippen LogP contribution is -2.29. The fraction of sp³-hybridized carbons (Fsp3) is 0.200. The quantitative estimate of drug-likeness (QED) is 0.737. The topological polar surface area (TPSA) is 98.7 Å². The minimum atomic E-state index is -0.980. The number of esters is 1. The summed E-state index contributed by atoms with van der Waals surface area (Å²) in [7, 11) is 0. The van der Waals surface area contributed by atoms with Crippen molar-refractivity contribution in [1.29, 1.82) is 0 Å². The Bertz CT molecular complexity index is 867. The summed E-state index contributed by atoms with van der Waals surface area (Å²) >= 11 is 0. The van der Waals surface area contributed by atoms with E-state index in [1.54, 1.807) is 48.1 Å². The minimum Gasteiger partial charge on any atom is -0.449 e. The van der Waals surface area contributed by atoms with Crippen molar-refractivity contribution in [2.45, 2.75) is 20.0 Å². The Hall–Kier alpha value is -3.16. The Morgan fingerprint density at radius 1 is 1.39 bits per heavy atom. The first kappa shape index (κ1) is 14.8. The van der Waals surface area contributed by atoms with Gasteiger partial charge in [-0.05, 0) is 26.0 Å². The van der Waals surface area contributed by atoms with Gasteiger partial charge < -0.3 is 13.7 Å². The highest BCUT2D eigenvalue weighted by Crippen LogP contribution is 2.11.